The van der Waals surface area contributed by atoms with Crippen LogP contribution >= 0.6 is 0 Å². The van der Waals surface area contributed by atoms with E-state index in [1.807, 2.05) is 12.1 Å². The van der Waals surface area contributed by atoms with Gasteiger partial charge in [-0.15, -0.1) is 0 Å². The zero-order chi connectivity index (χ0) is 13.0. The minimum absolute atomic E-state index is 0.220. The van der Waals surface area contributed by atoms with Gasteiger partial charge in [-0.1, -0.05) is 12.1 Å². The van der Waals surface area contributed by atoms with Crippen LogP contribution in [0, 0.1) is 0 Å². The Bertz CT molecular complexity index is 389. The van der Waals surface area contributed by atoms with Gasteiger partial charge in [0.1, 0.15) is 0 Å². The second-order valence-electron chi connectivity index (χ2n) is 4.58. The first-order valence-electron chi connectivity index (χ1n) is 6.46. The summed E-state index contributed by atoms with van der Waals surface area (Å²) in [7, 11) is 3.34. The van der Waals surface area contributed by atoms with Crippen LogP contribution in [0.3, 0.4) is 0 Å². The van der Waals surface area contributed by atoms with Crippen molar-refractivity contribution in [1.82, 2.24) is 4.90 Å². The Morgan fingerprint density at radius 1 is 1.22 bits per heavy atom. The van der Waals surface area contributed by atoms with E-state index in [0.29, 0.717) is 6.54 Å². The van der Waals surface area contributed by atoms with Crippen LogP contribution in [0.25, 0.3) is 0 Å². The van der Waals surface area contributed by atoms with Crippen molar-refractivity contribution in [2.75, 3.05) is 33.9 Å². The van der Waals surface area contributed by atoms with Crippen molar-refractivity contribution in [3.63, 3.8) is 0 Å². The Morgan fingerprint density at radius 2 is 1.94 bits per heavy atom. The molecule has 0 spiro atoms. The van der Waals surface area contributed by atoms with Gasteiger partial charge in [0.15, 0.2) is 11.5 Å². The van der Waals surface area contributed by atoms with Crippen LogP contribution in [0.5, 0.6) is 11.5 Å². The van der Waals surface area contributed by atoms with Crippen LogP contribution in [0.2, 0.25) is 0 Å². The highest BCUT2D eigenvalue weighted by Gasteiger charge is 2.25. The molecule has 1 aliphatic heterocycles. The van der Waals surface area contributed by atoms with Crippen LogP contribution < -0.4 is 15.2 Å². The number of hydrogen-bond acceptors (Lipinski definition) is 4. The number of nitrogens with two attached hydrogens (primary N) is 1. The molecule has 0 aromatic heterocycles. The topological polar surface area (TPSA) is 47.7 Å². The first-order valence-corrected chi connectivity index (χ1v) is 6.46. The van der Waals surface area contributed by atoms with Gasteiger partial charge in [0.25, 0.3) is 0 Å². The van der Waals surface area contributed by atoms with E-state index in [4.69, 9.17) is 15.2 Å². The summed E-state index contributed by atoms with van der Waals surface area (Å²) in [5.74, 6) is 1.58. The fraction of sp³-hybridized carbons (Fsp3) is 0.571. The standard InChI is InChI=1S/C14H22N2O2/c1-17-13-7-5-6-11(14(13)18-2)12(10-15)16-8-3-4-9-16/h5-7,12H,3-4,8-10,15H2,1-2H3/t12-/m1/s1. The lowest BCUT2D eigenvalue weighted by atomic mass is 10.0. The van der Waals surface area contributed by atoms with E-state index in [1.54, 1.807) is 14.2 Å². The third kappa shape index (κ3) is 2.44. The van der Waals surface area contributed by atoms with Gasteiger partial charge in [-0.05, 0) is 32.0 Å². The van der Waals surface area contributed by atoms with Crippen molar-refractivity contribution in [2.45, 2.75) is 18.9 Å². The van der Waals surface area contributed by atoms with Crippen molar-refractivity contribution in [3.05, 3.63) is 23.8 Å². The summed E-state index contributed by atoms with van der Waals surface area (Å²) in [5.41, 5.74) is 7.09. The third-order valence-electron chi connectivity index (χ3n) is 3.60. The molecular formula is C14H22N2O2. The summed E-state index contributed by atoms with van der Waals surface area (Å²) in [6.45, 7) is 2.83. The van der Waals surface area contributed by atoms with Gasteiger partial charge in [0.05, 0.1) is 20.3 Å². The molecule has 4 heteroatoms. The molecule has 1 heterocycles. The molecule has 0 bridgehead atoms. The molecule has 1 aliphatic rings. The lowest BCUT2D eigenvalue weighted by Crippen LogP contribution is -2.31. The molecular weight excluding hydrogens is 228 g/mol. The minimum Gasteiger partial charge on any atom is -0.493 e. The van der Waals surface area contributed by atoms with E-state index >= 15 is 0 Å². The molecule has 2 rings (SSSR count). The Kier molecular flexibility index (Phi) is 4.44. The molecule has 0 amide bonds. The van der Waals surface area contributed by atoms with E-state index in [-0.39, 0.29) is 6.04 Å². The van der Waals surface area contributed by atoms with Gasteiger partial charge in [0.2, 0.25) is 0 Å². The Labute approximate surface area is 109 Å². The zero-order valence-corrected chi connectivity index (χ0v) is 11.2. The number of ether oxygens (including phenoxy) is 2. The molecule has 1 atom stereocenters. The van der Waals surface area contributed by atoms with Crippen molar-refractivity contribution in [3.8, 4) is 11.5 Å². The van der Waals surface area contributed by atoms with Crippen molar-refractivity contribution >= 4 is 0 Å². The van der Waals surface area contributed by atoms with Gasteiger partial charge in [-0.3, -0.25) is 4.90 Å². The van der Waals surface area contributed by atoms with Crippen LogP contribution in [0.1, 0.15) is 24.4 Å². The monoisotopic (exact) mass is 250 g/mol. The van der Waals surface area contributed by atoms with Gasteiger partial charge in [0, 0.05) is 12.1 Å². The van der Waals surface area contributed by atoms with Gasteiger partial charge < -0.3 is 15.2 Å². The second kappa shape index (κ2) is 6.07. The average Bonchev–Trinajstić information content (AvgIpc) is 2.93. The summed E-state index contributed by atoms with van der Waals surface area (Å²) in [5, 5.41) is 0. The Morgan fingerprint density at radius 3 is 2.50 bits per heavy atom. The summed E-state index contributed by atoms with van der Waals surface area (Å²) >= 11 is 0. The van der Waals surface area contributed by atoms with Crippen LogP contribution in [0.4, 0.5) is 0 Å². The number of hydrogen-bond donors (Lipinski definition) is 1. The fourth-order valence-electron chi connectivity index (χ4n) is 2.70. The molecule has 0 aliphatic carbocycles. The lowest BCUT2D eigenvalue weighted by Gasteiger charge is -2.28. The lowest BCUT2D eigenvalue weighted by molar-refractivity contribution is 0.243. The molecule has 4 nitrogen and oxygen atoms in total. The number of methoxy groups -OCH3 is 2. The zero-order valence-electron chi connectivity index (χ0n) is 11.2. The SMILES string of the molecule is COc1cccc([C@@H](CN)N2CCCC2)c1OC. The summed E-state index contributed by atoms with van der Waals surface area (Å²) in [4.78, 5) is 2.43. The van der Waals surface area contributed by atoms with Crippen LogP contribution in [-0.4, -0.2) is 38.8 Å². The van der Waals surface area contributed by atoms with Gasteiger partial charge in [-0.2, -0.15) is 0 Å². The maximum Gasteiger partial charge on any atom is 0.165 e. The summed E-state index contributed by atoms with van der Waals surface area (Å²) in [6, 6.07) is 6.21. The van der Waals surface area contributed by atoms with Crippen LogP contribution in [-0.2, 0) is 0 Å². The number of nitrogens with zero attached hydrogens (tertiary/aromatic N) is 1. The molecule has 1 fully saturated rings. The highest BCUT2D eigenvalue weighted by molar-refractivity contribution is 5.48. The predicted octanol–water partition coefficient (Wildman–Crippen LogP) is 1.80. The van der Waals surface area contributed by atoms with Gasteiger partial charge in [-0.25, -0.2) is 0 Å². The number of benzene rings is 1. The van der Waals surface area contributed by atoms with E-state index < -0.39 is 0 Å². The Balaban J connectivity index is 2.34. The molecule has 100 valence electrons. The highest BCUT2D eigenvalue weighted by atomic mass is 16.5. The number of likely N-dealkylation sites (tertiary alicyclic amines) is 1. The van der Waals surface area contributed by atoms with Crippen molar-refractivity contribution < 1.29 is 9.47 Å². The smallest absolute Gasteiger partial charge is 0.165 e. The molecule has 18 heavy (non-hydrogen) atoms. The maximum absolute atomic E-state index is 5.96. The summed E-state index contributed by atoms with van der Waals surface area (Å²) in [6.07, 6.45) is 2.51. The number of para-hydroxylation sites is 1. The van der Waals surface area contributed by atoms with Crippen LogP contribution in [0.15, 0.2) is 18.2 Å². The second-order valence-corrected chi connectivity index (χ2v) is 4.58. The third-order valence-corrected chi connectivity index (χ3v) is 3.60. The molecule has 0 unspecified atom stereocenters. The van der Waals surface area contributed by atoms with Crippen molar-refractivity contribution in [2.24, 2.45) is 5.73 Å². The first-order chi connectivity index (χ1) is 8.81. The quantitative estimate of drug-likeness (QED) is 0.865. The minimum atomic E-state index is 0.220. The maximum atomic E-state index is 5.96. The molecule has 0 radical (unpaired) electrons. The molecule has 0 saturated carbocycles. The molecule has 2 N–H and O–H groups in total. The largest absolute Gasteiger partial charge is 0.493 e. The van der Waals surface area contributed by atoms with E-state index in [2.05, 4.69) is 11.0 Å². The molecule has 1 aromatic rings. The van der Waals surface area contributed by atoms with E-state index in [0.717, 1.165) is 30.2 Å². The molecule has 1 saturated heterocycles. The summed E-state index contributed by atoms with van der Waals surface area (Å²) < 4.78 is 10.9. The highest BCUT2D eigenvalue weighted by Crippen LogP contribution is 2.37. The fourth-order valence-corrected chi connectivity index (χ4v) is 2.70. The molecule has 1 aromatic carbocycles. The first kappa shape index (κ1) is 13.2. The average molecular weight is 250 g/mol. The normalized spacial score (nSPS) is 17.7. The number of rotatable bonds is 5. The predicted molar refractivity (Wildman–Crippen MR) is 72.1 cm³/mol. The van der Waals surface area contributed by atoms with Gasteiger partial charge >= 0.3 is 0 Å². The van der Waals surface area contributed by atoms with E-state index in [9.17, 15) is 0 Å². The van der Waals surface area contributed by atoms with E-state index in [1.165, 1.54) is 12.8 Å². The Hall–Kier alpha value is -1.26. The van der Waals surface area contributed by atoms with Crippen molar-refractivity contribution in [1.29, 1.82) is 0 Å².